The molecule has 0 aliphatic carbocycles. The smallest absolute Gasteiger partial charge is 0.219 e. The standard InChI is InChI=1S/C13H12FN3O/c1-8-6-10(2-3-11(8)14)18-12-7-9(13(15)16)4-5-17-12/h2-7H,1H3,(H3,15,16). The second-order valence-corrected chi connectivity index (χ2v) is 3.81. The molecular weight excluding hydrogens is 233 g/mol. The summed E-state index contributed by atoms with van der Waals surface area (Å²) in [6.45, 7) is 1.65. The zero-order valence-electron chi connectivity index (χ0n) is 9.77. The summed E-state index contributed by atoms with van der Waals surface area (Å²) in [5.74, 6) is 0.459. The third-order valence-electron chi connectivity index (χ3n) is 2.40. The molecule has 2 rings (SSSR count). The molecule has 92 valence electrons. The van der Waals surface area contributed by atoms with Crippen molar-refractivity contribution in [1.82, 2.24) is 4.98 Å². The summed E-state index contributed by atoms with van der Waals surface area (Å²) < 4.78 is 18.6. The van der Waals surface area contributed by atoms with Gasteiger partial charge in [-0.05, 0) is 36.8 Å². The van der Waals surface area contributed by atoms with Crippen LogP contribution in [0.2, 0.25) is 0 Å². The molecule has 1 heterocycles. The summed E-state index contributed by atoms with van der Waals surface area (Å²) in [4.78, 5) is 4.00. The molecule has 0 aliphatic heterocycles. The number of rotatable bonds is 3. The SMILES string of the molecule is Cc1cc(Oc2cc(C(=N)N)ccn2)ccc1F. The van der Waals surface area contributed by atoms with E-state index in [1.807, 2.05) is 0 Å². The molecule has 0 saturated heterocycles. The van der Waals surface area contributed by atoms with Gasteiger partial charge in [-0.25, -0.2) is 9.37 Å². The van der Waals surface area contributed by atoms with Crippen molar-refractivity contribution < 1.29 is 9.13 Å². The molecule has 4 nitrogen and oxygen atoms in total. The van der Waals surface area contributed by atoms with Gasteiger partial charge in [0.2, 0.25) is 5.88 Å². The van der Waals surface area contributed by atoms with E-state index in [9.17, 15) is 4.39 Å². The van der Waals surface area contributed by atoms with Crippen LogP contribution in [-0.2, 0) is 0 Å². The summed E-state index contributed by atoms with van der Waals surface area (Å²) in [6.07, 6.45) is 1.50. The fraction of sp³-hybridized carbons (Fsp3) is 0.0769. The first-order chi connectivity index (χ1) is 8.56. The van der Waals surface area contributed by atoms with Crippen LogP contribution in [0.1, 0.15) is 11.1 Å². The lowest BCUT2D eigenvalue weighted by Crippen LogP contribution is -2.11. The van der Waals surface area contributed by atoms with Crippen LogP contribution in [0, 0.1) is 18.2 Å². The largest absolute Gasteiger partial charge is 0.439 e. The summed E-state index contributed by atoms with van der Waals surface area (Å²) in [5, 5.41) is 7.32. The molecule has 5 heteroatoms. The van der Waals surface area contributed by atoms with E-state index in [4.69, 9.17) is 15.9 Å². The lowest BCUT2D eigenvalue weighted by molar-refractivity contribution is 0.460. The first-order valence-corrected chi connectivity index (χ1v) is 5.31. The van der Waals surface area contributed by atoms with Crippen molar-refractivity contribution in [3.63, 3.8) is 0 Å². The lowest BCUT2D eigenvalue weighted by Gasteiger charge is -2.07. The van der Waals surface area contributed by atoms with Gasteiger partial charge in [-0.3, -0.25) is 5.41 Å². The van der Waals surface area contributed by atoms with Gasteiger partial charge >= 0.3 is 0 Å². The molecule has 0 unspecified atom stereocenters. The van der Waals surface area contributed by atoms with Crippen LogP contribution in [0.4, 0.5) is 4.39 Å². The van der Waals surface area contributed by atoms with Crippen LogP contribution in [0.15, 0.2) is 36.5 Å². The van der Waals surface area contributed by atoms with E-state index in [0.717, 1.165) is 0 Å². The van der Waals surface area contributed by atoms with Crippen molar-refractivity contribution in [3.8, 4) is 11.6 Å². The van der Waals surface area contributed by atoms with Gasteiger partial charge in [0.1, 0.15) is 17.4 Å². The summed E-state index contributed by atoms with van der Waals surface area (Å²) in [7, 11) is 0. The van der Waals surface area contributed by atoms with E-state index in [1.165, 1.54) is 18.3 Å². The van der Waals surface area contributed by atoms with Gasteiger partial charge < -0.3 is 10.5 Å². The Bertz CT molecular complexity index is 599. The van der Waals surface area contributed by atoms with E-state index >= 15 is 0 Å². The van der Waals surface area contributed by atoms with Crippen molar-refractivity contribution in [2.24, 2.45) is 5.73 Å². The topological polar surface area (TPSA) is 72.0 Å². The minimum absolute atomic E-state index is 0.0578. The number of nitrogen functional groups attached to an aromatic ring is 1. The van der Waals surface area contributed by atoms with Crippen LogP contribution in [0.5, 0.6) is 11.6 Å². The summed E-state index contributed by atoms with van der Waals surface area (Å²) >= 11 is 0. The Morgan fingerprint density at radius 2 is 2.11 bits per heavy atom. The highest BCUT2D eigenvalue weighted by Crippen LogP contribution is 2.22. The molecule has 0 amide bonds. The van der Waals surface area contributed by atoms with Gasteiger partial charge in [0, 0.05) is 17.8 Å². The molecule has 1 aromatic carbocycles. The lowest BCUT2D eigenvalue weighted by atomic mass is 10.2. The highest BCUT2D eigenvalue weighted by molar-refractivity contribution is 5.95. The van der Waals surface area contributed by atoms with Crippen molar-refractivity contribution >= 4 is 5.84 Å². The zero-order chi connectivity index (χ0) is 13.1. The molecule has 2 aromatic rings. The molecule has 0 atom stereocenters. The molecule has 0 bridgehead atoms. The molecule has 0 aliphatic rings. The first-order valence-electron chi connectivity index (χ1n) is 5.31. The Labute approximate surface area is 104 Å². The number of ether oxygens (including phenoxy) is 1. The van der Waals surface area contributed by atoms with Crippen molar-refractivity contribution in [2.75, 3.05) is 0 Å². The average Bonchev–Trinajstić information content (AvgIpc) is 2.34. The zero-order valence-corrected chi connectivity index (χ0v) is 9.77. The second kappa shape index (κ2) is 4.83. The van der Waals surface area contributed by atoms with Crippen LogP contribution in [0.25, 0.3) is 0 Å². The highest BCUT2D eigenvalue weighted by Gasteiger charge is 2.04. The van der Waals surface area contributed by atoms with Gasteiger partial charge in [0.25, 0.3) is 0 Å². The molecule has 18 heavy (non-hydrogen) atoms. The second-order valence-electron chi connectivity index (χ2n) is 3.81. The molecule has 0 spiro atoms. The first kappa shape index (κ1) is 12.0. The van der Waals surface area contributed by atoms with E-state index < -0.39 is 0 Å². The predicted molar refractivity (Wildman–Crippen MR) is 66.5 cm³/mol. The molecule has 3 N–H and O–H groups in total. The molecule has 0 saturated carbocycles. The summed E-state index contributed by atoms with van der Waals surface area (Å²) in [6, 6.07) is 7.60. The number of nitrogens with one attached hydrogen (secondary N) is 1. The number of benzene rings is 1. The van der Waals surface area contributed by atoms with E-state index in [1.54, 1.807) is 25.1 Å². The van der Waals surface area contributed by atoms with Crippen molar-refractivity contribution in [3.05, 3.63) is 53.5 Å². The third-order valence-corrected chi connectivity index (χ3v) is 2.40. The molecular formula is C13H12FN3O. The number of amidine groups is 1. The maximum Gasteiger partial charge on any atom is 0.219 e. The van der Waals surface area contributed by atoms with E-state index in [0.29, 0.717) is 22.8 Å². The van der Waals surface area contributed by atoms with Gasteiger partial charge in [-0.1, -0.05) is 0 Å². The third kappa shape index (κ3) is 2.63. The number of nitrogens with two attached hydrogens (primary N) is 1. The number of nitrogens with zero attached hydrogens (tertiary/aromatic N) is 1. The van der Waals surface area contributed by atoms with Gasteiger partial charge in [-0.2, -0.15) is 0 Å². The molecule has 1 aromatic heterocycles. The van der Waals surface area contributed by atoms with Gasteiger partial charge in [0.15, 0.2) is 0 Å². The molecule has 0 radical (unpaired) electrons. The Balaban J connectivity index is 2.25. The maximum atomic E-state index is 13.1. The predicted octanol–water partition coefficient (Wildman–Crippen LogP) is 2.61. The fourth-order valence-corrected chi connectivity index (χ4v) is 1.43. The average molecular weight is 245 g/mol. The van der Waals surface area contributed by atoms with Crippen molar-refractivity contribution in [1.29, 1.82) is 5.41 Å². The van der Waals surface area contributed by atoms with Crippen LogP contribution in [-0.4, -0.2) is 10.8 Å². The normalized spacial score (nSPS) is 10.1. The number of pyridine rings is 1. The van der Waals surface area contributed by atoms with E-state index in [-0.39, 0.29) is 11.7 Å². The van der Waals surface area contributed by atoms with E-state index in [2.05, 4.69) is 4.98 Å². The Morgan fingerprint density at radius 1 is 1.33 bits per heavy atom. The number of aromatic nitrogens is 1. The number of aryl methyl sites for hydroxylation is 1. The summed E-state index contributed by atoms with van der Waals surface area (Å²) in [5.41, 5.74) is 6.39. The fourth-order valence-electron chi connectivity index (χ4n) is 1.43. The van der Waals surface area contributed by atoms with Gasteiger partial charge in [-0.15, -0.1) is 0 Å². The Kier molecular flexibility index (Phi) is 3.23. The maximum absolute atomic E-state index is 13.1. The van der Waals surface area contributed by atoms with Gasteiger partial charge in [0.05, 0.1) is 0 Å². The molecule has 0 fully saturated rings. The van der Waals surface area contributed by atoms with Crippen LogP contribution < -0.4 is 10.5 Å². The van der Waals surface area contributed by atoms with Crippen LogP contribution in [0.3, 0.4) is 0 Å². The Morgan fingerprint density at radius 3 is 2.78 bits per heavy atom. The number of hydrogen-bond acceptors (Lipinski definition) is 3. The number of hydrogen-bond donors (Lipinski definition) is 2. The highest BCUT2D eigenvalue weighted by atomic mass is 19.1. The monoisotopic (exact) mass is 245 g/mol. The number of halogens is 1. The quantitative estimate of drug-likeness (QED) is 0.645. The minimum Gasteiger partial charge on any atom is -0.439 e. The van der Waals surface area contributed by atoms with Crippen LogP contribution >= 0.6 is 0 Å². The minimum atomic E-state index is -0.284. The Hall–Kier alpha value is -2.43. The van der Waals surface area contributed by atoms with Crippen molar-refractivity contribution in [2.45, 2.75) is 6.92 Å².